The van der Waals surface area contributed by atoms with Crippen LogP contribution in [0.4, 0.5) is 8.78 Å². The van der Waals surface area contributed by atoms with Crippen molar-refractivity contribution < 1.29 is 27.9 Å². The first-order valence-corrected chi connectivity index (χ1v) is 7.36. The highest BCUT2D eigenvalue weighted by atomic mass is 19.1. The zero-order valence-electron chi connectivity index (χ0n) is 13.5. The van der Waals surface area contributed by atoms with Gasteiger partial charge < -0.3 is 19.1 Å². The van der Waals surface area contributed by atoms with Crippen LogP contribution >= 0.6 is 0 Å². The fourth-order valence-corrected chi connectivity index (χ4v) is 2.55. The summed E-state index contributed by atoms with van der Waals surface area (Å²) in [6, 6.07) is 8.15. The molecule has 1 heterocycles. The summed E-state index contributed by atoms with van der Waals surface area (Å²) in [5.41, 5.74) is 1.24. The van der Waals surface area contributed by atoms with Crippen molar-refractivity contribution in [3.8, 4) is 34.1 Å². The molecule has 0 aliphatic carbocycles. The Labute approximate surface area is 142 Å². The zero-order chi connectivity index (χ0) is 18.0. The topological polar surface area (TPSA) is 64.7 Å². The van der Waals surface area contributed by atoms with Gasteiger partial charge in [0.1, 0.15) is 17.3 Å². The fourth-order valence-electron chi connectivity index (χ4n) is 2.55. The molecule has 0 bridgehead atoms. The molecule has 0 unspecified atom stereocenters. The van der Waals surface area contributed by atoms with Crippen LogP contribution in [0.25, 0.3) is 22.6 Å². The Morgan fingerprint density at radius 3 is 2.44 bits per heavy atom. The van der Waals surface area contributed by atoms with Crippen molar-refractivity contribution in [1.29, 1.82) is 0 Å². The quantitative estimate of drug-likeness (QED) is 0.761. The number of hydrogen-bond donors (Lipinski definition) is 1. The van der Waals surface area contributed by atoms with Gasteiger partial charge in [0.25, 0.3) is 0 Å². The number of aliphatic hydroxyl groups excluding tert-OH is 1. The highest BCUT2D eigenvalue weighted by molar-refractivity contribution is 5.74. The molecule has 25 heavy (non-hydrogen) atoms. The largest absolute Gasteiger partial charge is 0.493 e. The van der Waals surface area contributed by atoms with Crippen LogP contribution in [0.1, 0.15) is 5.56 Å². The molecule has 0 radical (unpaired) electrons. The Bertz CT molecular complexity index is 908. The van der Waals surface area contributed by atoms with E-state index < -0.39 is 18.2 Å². The van der Waals surface area contributed by atoms with E-state index in [1.54, 1.807) is 18.2 Å². The SMILES string of the molecule is COc1ccc(-c2noc(-c3ccc(F)cc3F)c2CO)cc1OC. The number of aliphatic hydroxyl groups is 1. The molecule has 0 fully saturated rings. The summed E-state index contributed by atoms with van der Waals surface area (Å²) in [5.74, 6) is -0.451. The number of nitrogens with zero attached hydrogens (tertiary/aromatic N) is 1. The Kier molecular flexibility index (Phi) is 4.67. The second-order valence-electron chi connectivity index (χ2n) is 5.19. The van der Waals surface area contributed by atoms with Crippen LogP contribution < -0.4 is 9.47 Å². The van der Waals surface area contributed by atoms with Gasteiger partial charge in [-0.1, -0.05) is 5.16 Å². The number of ether oxygens (including phenoxy) is 2. The van der Waals surface area contributed by atoms with E-state index in [1.807, 2.05) is 0 Å². The van der Waals surface area contributed by atoms with E-state index in [1.165, 1.54) is 20.3 Å². The van der Waals surface area contributed by atoms with Crippen molar-refractivity contribution in [2.24, 2.45) is 0 Å². The van der Waals surface area contributed by atoms with Gasteiger partial charge in [-0.3, -0.25) is 0 Å². The maximum absolute atomic E-state index is 14.0. The van der Waals surface area contributed by atoms with Gasteiger partial charge in [-0.15, -0.1) is 0 Å². The van der Waals surface area contributed by atoms with E-state index in [4.69, 9.17) is 14.0 Å². The van der Waals surface area contributed by atoms with Gasteiger partial charge in [0.05, 0.1) is 32.0 Å². The van der Waals surface area contributed by atoms with E-state index in [9.17, 15) is 13.9 Å². The number of aromatic nitrogens is 1. The lowest BCUT2D eigenvalue weighted by molar-refractivity contribution is 0.281. The van der Waals surface area contributed by atoms with Gasteiger partial charge in [0, 0.05) is 11.6 Å². The maximum Gasteiger partial charge on any atom is 0.175 e. The van der Waals surface area contributed by atoms with Gasteiger partial charge in [-0.25, -0.2) is 8.78 Å². The van der Waals surface area contributed by atoms with Crippen LogP contribution in [0, 0.1) is 11.6 Å². The predicted molar refractivity (Wildman–Crippen MR) is 86.3 cm³/mol. The maximum atomic E-state index is 14.0. The number of halogens is 2. The third-order valence-corrected chi connectivity index (χ3v) is 3.78. The second-order valence-corrected chi connectivity index (χ2v) is 5.19. The van der Waals surface area contributed by atoms with E-state index in [0.29, 0.717) is 22.8 Å². The molecule has 0 aliphatic rings. The zero-order valence-corrected chi connectivity index (χ0v) is 13.5. The van der Waals surface area contributed by atoms with Gasteiger partial charge in [-0.05, 0) is 30.3 Å². The molecule has 0 amide bonds. The Balaban J connectivity index is 2.12. The molecule has 5 nitrogen and oxygen atoms in total. The molecule has 0 spiro atoms. The van der Waals surface area contributed by atoms with Crippen LogP contribution in [0.3, 0.4) is 0 Å². The molecule has 0 saturated carbocycles. The van der Waals surface area contributed by atoms with E-state index in [-0.39, 0.29) is 16.9 Å². The lowest BCUT2D eigenvalue weighted by atomic mass is 10.0. The summed E-state index contributed by atoms with van der Waals surface area (Å²) in [6.45, 7) is -0.431. The third kappa shape index (κ3) is 3.06. The average molecular weight is 347 g/mol. The van der Waals surface area contributed by atoms with Gasteiger partial charge in [0.15, 0.2) is 17.3 Å². The second kappa shape index (κ2) is 6.90. The van der Waals surface area contributed by atoms with Crippen molar-refractivity contribution in [3.05, 3.63) is 53.6 Å². The van der Waals surface area contributed by atoms with Crippen molar-refractivity contribution in [3.63, 3.8) is 0 Å². The monoisotopic (exact) mass is 347 g/mol. The molecule has 1 N–H and O–H groups in total. The van der Waals surface area contributed by atoms with E-state index >= 15 is 0 Å². The molecular weight excluding hydrogens is 332 g/mol. The number of hydrogen-bond acceptors (Lipinski definition) is 5. The minimum atomic E-state index is -0.801. The standard InChI is InChI=1S/C18H15F2NO4/c1-23-15-6-3-10(7-16(15)24-2)17-13(9-22)18(25-21-17)12-5-4-11(19)8-14(12)20/h3-8,22H,9H2,1-2H3. The molecule has 3 aromatic rings. The lowest BCUT2D eigenvalue weighted by Gasteiger charge is -2.09. The van der Waals surface area contributed by atoms with Crippen LogP contribution in [0.15, 0.2) is 40.9 Å². The van der Waals surface area contributed by atoms with Crippen molar-refractivity contribution >= 4 is 0 Å². The predicted octanol–water partition coefficient (Wildman–Crippen LogP) is 3.80. The molecule has 3 rings (SSSR count). The van der Waals surface area contributed by atoms with Crippen molar-refractivity contribution in [2.75, 3.05) is 14.2 Å². The van der Waals surface area contributed by atoms with Gasteiger partial charge in [0.2, 0.25) is 0 Å². The molecule has 0 saturated heterocycles. The van der Waals surface area contributed by atoms with Crippen molar-refractivity contribution in [1.82, 2.24) is 5.16 Å². The highest BCUT2D eigenvalue weighted by Crippen LogP contribution is 2.37. The van der Waals surface area contributed by atoms with Crippen LogP contribution in [0.5, 0.6) is 11.5 Å². The van der Waals surface area contributed by atoms with Gasteiger partial charge in [-0.2, -0.15) is 0 Å². The van der Waals surface area contributed by atoms with Crippen molar-refractivity contribution in [2.45, 2.75) is 6.61 Å². The highest BCUT2D eigenvalue weighted by Gasteiger charge is 2.22. The average Bonchev–Trinajstić information content (AvgIpc) is 3.04. The number of benzene rings is 2. The first-order chi connectivity index (χ1) is 12.1. The van der Waals surface area contributed by atoms with Crippen LogP contribution in [-0.2, 0) is 6.61 Å². The number of methoxy groups -OCH3 is 2. The Hall–Kier alpha value is -2.93. The van der Waals surface area contributed by atoms with Crippen LogP contribution in [-0.4, -0.2) is 24.5 Å². The van der Waals surface area contributed by atoms with Crippen LogP contribution in [0.2, 0.25) is 0 Å². The van der Waals surface area contributed by atoms with Gasteiger partial charge >= 0.3 is 0 Å². The first-order valence-electron chi connectivity index (χ1n) is 7.36. The summed E-state index contributed by atoms with van der Waals surface area (Å²) in [4.78, 5) is 0. The molecule has 2 aromatic carbocycles. The first kappa shape index (κ1) is 16.9. The minimum Gasteiger partial charge on any atom is -0.493 e. The molecule has 0 atom stereocenters. The molecule has 130 valence electrons. The molecule has 1 aromatic heterocycles. The summed E-state index contributed by atoms with van der Waals surface area (Å²) in [7, 11) is 3.01. The van der Waals surface area contributed by atoms with E-state index in [2.05, 4.69) is 5.16 Å². The Morgan fingerprint density at radius 1 is 1.04 bits per heavy atom. The normalized spacial score (nSPS) is 10.8. The smallest absolute Gasteiger partial charge is 0.175 e. The molecule has 0 aliphatic heterocycles. The molecular formula is C18H15F2NO4. The number of rotatable bonds is 5. The third-order valence-electron chi connectivity index (χ3n) is 3.78. The summed E-state index contributed by atoms with van der Waals surface area (Å²) in [5, 5.41) is 13.7. The summed E-state index contributed by atoms with van der Waals surface area (Å²) in [6.07, 6.45) is 0. The van der Waals surface area contributed by atoms with E-state index in [0.717, 1.165) is 12.1 Å². The summed E-state index contributed by atoms with van der Waals surface area (Å²) < 4.78 is 42.8. The minimum absolute atomic E-state index is 0.0182. The fraction of sp³-hybridized carbons (Fsp3) is 0.167. The summed E-state index contributed by atoms with van der Waals surface area (Å²) >= 11 is 0. The molecule has 7 heteroatoms. The lowest BCUT2D eigenvalue weighted by Crippen LogP contribution is -1.94. The Morgan fingerprint density at radius 2 is 1.80 bits per heavy atom.